The molecule has 2 bridgehead atoms. The Labute approximate surface area is 130 Å². The highest BCUT2D eigenvalue weighted by molar-refractivity contribution is 6.23. The number of anilines is 1. The number of carbonyl (C=O) groups is 3. The molecule has 23 heavy (non-hydrogen) atoms. The Bertz CT molecular complexity index is 754. The molecule has 1 aromatic carbocycles. The summed E-state index contributed by atoms with van der Waals surface area (Å²) in [4.78, 5) is 37.4. The van der Waals surface area contributed by atoms with Crippen molar-refractivity contribution in [2.45, 2.75) is 11.7 Å². The Morgan fingerprint density at radius 3 is 2.52 bits per heavy atom. The van der Waals surface area contributed by atoms with Crippen molar-refractivity contribution in [1.82, 2.24) is 0 Å². The maximum atomic E-state index is 12.7. The lowest BCUT2D eigenvalue weighted by Crippen LogP contribution is -2.43. The van der Waals surface area contributed by atoms with Gasteiger partial charge >= 0.3 is 5.97 Å². The molecule has 3 aliphatic rings. The van der Waals surface area contributed by atoms with Crippen molar-refractivity contribution in [3.8, 4) is 0 Å². The van der Waals surface area contributed by atoms with Crippen LogP contribution in [0.5, 0.6) is 0 Å². The number of carboxylic acid groups (broad SMARTS) is 1. The number of aromatic carboxylic acids is 1. The number of carbonyl (C=O) groups excluding carboxylic acids is 2. The fourth-order valence-corrected chi connectivity index (χ4v) is 3.69. The zero-order chi connectivity index (χ0) is 16.4. The molecule has 0 aromatic heterocycles. The van der Waals surface area contributed by atoms with E-state index in [4.69, 9.17) is 9.84 Å². The van der Waals surface area contributed by atoms with Crippen molar-refractivity contribution in [2.24, 2.45) is 11.8 Å². The van der Waals surface area contributed by atoms with Gasteiger partial charge in [-0.25, -0.2) is 9.69 Å². The molecule has 3 aliphatic heterocycles. The first kappa shape index (κ1) is 14.1. The molecule has 2 fully saturated rings. The van der Waals surface area contributed by atoms with E-state index in [0.717, 1.165) is 4.90 Å². The number of amides is 2. The van der Waals surface area contributed by atoms with Crippen molar-refractivity contribution < 1.29 is 29.3 Å². The predicted molar refractivity (Wildman–Crippen MR) is 76.7 cm³/mol. The second-order valence-corrected chi connectivity index (χ2v) is 5.92. The quantitative estimate of drug-likeness (QED) is 0.609. The molecule has 3 heterocycles. The topological polar surface area (TPSA) is 104 Å². The van der Waals surface area contributed by atoms with Crippen molar-refractivity contribution >= 4 is 23.5 Å². The number of ether oxygens (including phenoxy) is 1. The smallest absolute Gasteiger partial charge is 0.335 e. The largest absolute Gasteiger partial charge is 0.478 e. The van der Waals surface area contributed by atoms with Gasteiger partial charge < -0.3 is 14.9 Å². The van der Waals surface area contributed by atoms with Crippen LogP contribution >= 0.6 is 0 Å². The highest BCUT2D eigenvalue weighted by Gasteiger charge is 2.67. The molecule has 2 amide bonds. The lowest BCUT2D eigenvalue weighted by Gasteiger charge is -2.26. The van der Waals surface area contributed by atoms with Crippen molar-refractivity contribution in [2.75, 3.05) is 11.5 Å². The minimum absolute atomic E-state index is 0.0740. The molecule has 0 radical (unpaired) electrons. The van der Waals surface area contributed by atoms with Gasteiger partial charge in [0.05, 0.1) is 35.8 Å². The van der Waals surface area contributed by atoms with E-state index in [1.807, 2.05) is 0 Å². The fourth-order valence-electron chi connectivity index (χ4n) is 3.69. The average Bonchev–Trinajstić information content (AvgIpc) is 3.19. The molecular formula is C16H13NO6. The summed E-state index contributed by atoms with van der Waals surface area (Å²) in [5, 5.41) is 18.5. The molecule has 4 rings (SSSR count). The zero-order valence-electron chi connectivity index (χ0n) is 11.9. The van der Waals surface area contributed by atoms with Crippen LogP contribution < -0.4 is 4.90 Å². The Balaban J connectivity index is 1.72. The number of nitrogens with zero attached hydrogens (tertiary/aromatic N) is 1. The van der Waals surface area contributed by atoms with Gasteiger partial charge in [-0.05, 0) is 24.3 Å². The molecule has 0 saturated carbocycles. The molecule has 118 valence electrons. The number of hydrogen-bond acceptors (Lipinski definition) is 5. The molecule has 7 nitrogen and oxygen atoms in total. The van der Waals surface area contributed by atoms with Crippen molar-refractivity contribution in [3.05, 3.63) is 42.0 Å². The van der Waals surface area contributed by atoms with E-state index < -0.39 is 35.4 Å². The van der Waals surface area contributed by atoms with E-state index in [1.165, 1.54) is 24.3 Å². The van der Waals surface area contributed by atoms with E-state index in [1.54, 1.807) is 12.2 Å². The molecule has 2 N–H and O–H groups in total. The summed E-state index contributed by atoms with van der Waals surface area (Å²) in [6.07, 6.45) is 2.85. The lowest BCUT2D eigenvalue weighted by atomic mass is 9.77. The first-order chi connectivity index (χ1) is 11.0. The minimum Gasteiger partial charge on any atom is -0.478 e. The molecule has 0 spiro atoms. The summed E-state index contributed by atoms with van der Waals surface area (Å²) in [5.74, 6) is -3.27. The van der Waals surface area contributed by atoms with Gasteiger partial charge in [-0.15, -0.1) is 0 Å². The number of aliphatic hydroxyl groups is 1. The van der Waals surface area contributed by atoms with Crippen LogP contribution in [0.2, 0.25) is 0 Å². The maximum absolute atomic E-state index is 12.7. The fraction of sp³-hybridized carbons (Fsp3) is 0.312. The second kappa shape index (κ2) is 4.50. The maximum Gasteiger partial charge on any atom is 0.335 e. The minimum atomic E-state index is -1.13. The Morgan fingerprint density at radius 1 is 1.22 bits per heavy atom. The van der Waals surface area contributed by atoms with Gasteiger partial charge in [-0.2, -0.15) is 0 Å². The number of benzene rings is 1. The monoisotopic (exact) mass is 315 g/mol. The molecule has 1 aromatic rings. The molecule has 0 unspecified atom stereocenters. The number of imide groups is 1. The van der Waals surface area contributed by atoms with Crippen LogP contribution in [0.3, 0.4) is 0 Å². The highest BCUT2D eigenvalue weighted by atomic mass is 16.5. The first-order valence-electron chi connectivity index (χ1n) is 7.18. The van der Waals surface area contributed by atoms with Gasteiger partial charge in [0.1, 0.15) is 5.60 Å². The van der Waals surface area contributed by atoms with Crippen LogP contribution in [-0.2, 0) is 14.3 Å². The summed E-state index contributed by atoms with van der Waals surface area (Å²) in [7, 11) is 0. The first-order valence-corrected chi connectivity index (χ1v) is 7.18. The normalized spacial score (nSPS) is 34.3. The molecule has 7 heteroatoms. The number of aliphatic hydroxyl groups excluding tert-OH is 1. The van der Waals surface area contributed by atoms with E-state index in [2.05, 4.69) is 0 Å². The van der Waals surface area contributed by atoms with E-state index in [9.17, 15) is 19.5 Å². The van der Waals surface area contributed by atoms with Crippen LogP contribution in [0.15, 0.2) is 36.4 Å². The summed E-state index contributed by atoms with van der Waals surface area (Å²) in [6.45, 7) is -0.369. The van der Waals surface area contributed by atoms with Crippen LogP contribution in [0, 0.1) is 11.8 Å². The third kappa shape index (κ3) is 1.68. The average molecular weight is 315 g/mol. The summed E-state index contributed by atoms with van der Waals surface area (Å²) in [6, 6.07) is 5.55. The van der Waals surface area contributed by atoms with E-state index in [-0.39, 0.29) is 18.1 Å². The molecule has 4 atom stereocenters. The van der Waals surface area contributed by atoms with E-state index >= 15 is 0 Å². The van der Waals surface area contributed by atoms with Crippen LogP contribution in [0.25, 0.3) is 0 Å². The predicted octanol–water partition coefficient (Wildman–Crippen LogP) is 0.190. The highest BCUT2D eigenvalue weighted by Crippen LogP contribution is 2.52. The Kier molecular flexibility index (Phi) is 2.76. The SMILES string of the molecule is O=C(O)c1ccc(N2C(=O)[C@@H]3[C@@H]4C=C[C@@](CO)(O4)[C@@H]3C2=O)cc1. The van der Waals surface area contributed by atoms with Gasteiger partial charge in [0.2, 0.25) is 11.8 Å². The third-order valence-corrected chi connectivity index (χ3v) is 4.77. The van der Waals surface area contributed by atoms with Crippen LogP contribution in [0.4, 0.5) is 5.69 Å². The zero-order valence-corrected chi connectivity index (χ0v) is 11.9. The number of hydrogen-bond donors (Lipinski definition) is 2. The second-order valence-electron chi connectivity index (χ2n) is 5.92. The number of rotatable bonds is 3. The van der Waals surface area contributed by atoms with Crippen molar-refractivity contribution in [3.63, 3.8) is 0 Å². The summed E-state index contributed by atoms with van der Waals surface area (Å²) in [5.41, 5.74) is -0.727. The van der Waals surface area contributed by atoms with Gasteiger partial charge in [0, 0.05) is 0 Å². The third-order valence-electron chi connectivity index (χ3n) is 4.77. The standard InChI is InChI=1S/C16H13NO6/c18-7-16-6-5-10(23-16)11-12(16)14(20)17(13(11)19)9-3-1-8(2-4-9)15(21)22/h1-6,10-12,18H,7H2,(H,21,22)/t10-,11+,12-,16-/m0/s1. The summed E-state index contributed by atoms with van der Waals surface area (Å²) >= 11 is 0. The Hall–Kier alpha value is -2.51. The number of fused-ring (bicyclic) bond motifs is 5. The van der Waals surface area contributed by atoms with Gasteiger partial charge in [-0.1, -0.05) is 12.2 Å². The molecule has 2 saturated heterocycles. The van der Waals surface area contributed by atoms with Gasteiger partial charge in [-0.3, -0.25) is 9.59 Å². The van der Waals surface area contributed by atoms with Gasteiger partial charge in [0.15, 0.2) is 0 Å². The summed E-state index contributed by atoms with van der Waals surface area (Å²) < 4.78 is 5.64. The molecular weight excluding hydrogens is 302 g/mol. The van der Waals surface area contributed by atoms with Gasteiger partial charge in [0.25, 0.3) is 0 Å². The Morgan fingerprint density at radius 2 is 1.91 bits per heavy atom. The van der Waals surface area contributed by atoms with Crippen LogP contribution in [0.1, 0.15) is 10.4 Å². The lowest BCUT2D eigenvalue weighted by molar-refractivity contribution is -0.128. The number of carboxylic acids is 1. The van der Waals surface area contributed by atoms with Crippen LogP contribution in [-0.4, -0.2) is 46.3 Å². The van der Waals surface area contributed by atoms with E-state index in [0.29, 0.717) is 5.69 Å². The van der Waals surface area contributed by atoms with Crippen molar-refractivity contribution in [1.29, 1.82) is 0 Å². The molecule has 0 aliphatic carbocycles.